The Hall–Kier alpha value is -1.60. The van der Waals surface area contributed by atoms with Crippen molar-refractivity contribution in [3.63, 3.8) is 0 Å². The highest BCUT2D eigenvalue weighted by Gasteiger charge is 2.37. The van der Waals surface area contributed by atoms with Gasteiger partial charge in [-0.1, -0.05) is 6.42 Å². The van der Waals surface area contributed by atoms with Crippen LogP contribution in [0, 0.1) is 5.41 Å². The van der Waals surface area contributed by atoms with Crippen molar-refractivity contribution >= 4 is 21.4 Å². The average molecular weight is 312 g/mol. The van der Waals surface area contributed by atoms with Gasteiger partial charge in [-0.25, -0.2) is 8.42 Å². The average Bonchev–Trinajstić information content (AvgIpc) is 2.35. The van der Waals surface area contributed by atoms with Crippen molar-refractivity contribution in [3.8, 4) is 5.75 Å². The van der Waals surface area contributed by atoms with E-state index in [0.717, 1.165) is 25.5 Å². The molecule has 1 aromatic rings. The van der Waals surface area contributed by atoms with E-state index in [-0.39, 0.29) is 34.1 Å². The summed E-state index contributed by atoms with van der Waals surface area (Å²) < 4.78 is 23.0. The molecule has 0 unspecified atom stereocenters. The lowest BCUT2D eigenvalue weighted by atomic mass is 9.66. The molecular formula is C14H20N2O4S. The van der Waals surface area contributed by atoms with Crippen LogP contribution >= 0.6 is 0 Å². The van der Waals surface area contributed by atoms with Crippen LogP contribution in [0.2, 0.25) is 0 Å². The number of rotatable bonds is 5. The molecule has 21 heavy (non-hydrogen) atoms. The predicted octanol–water partition coefficient (Wildman–Crippen LogP) is 1.25. The SMILES string of the molecule is CS(=O)(=O)c1ccc(O)c(NC(=O)CC2(CN)CCC2)c1. The quantitative estimate of drug-likeness (QED) is 0.709. The maximum absolute atomic E-state index is 12.1. The molecule has 1 fully saturated rings. The number of anilines is 1. The molecule has 7 heteroatoms. The summed E-state index contributed by atoms with van der Waals surface area (Å²) in [4.78, 5) is 12.1. The van der Waals surface area contributed by atoms with Crippen molar-refractivity contribution in [2.24, 2.45) is 11.1 Å². The van der Waals surface area contributed by atoms with Crippen LogP contribution < -0.4 is 11.1 Å². The molecule has 6 nitrogen and oxygen atoms in total. The van der Waals surface area contributed by atoms with E-state index in [4.69, 9.17) is 5.73 Å². The zero-order chi connectivity index (χ0) is 15.7. The lowest BCUT2D eigenvalue weighted by molar-refractivity contribution is -0.119. The monoisotopic (exact) mass is 312 g/mol. The molecule has 0 saturated heterocycles. The van der Waals surface area contributed by atoms with Crippen LogP contribution in [-0.4, -0.2) is 32.2 Å². The molecule has 116 valence electrons. The molecule has 1 aromatic carbocycles. The lowest BCUT2D eigenvalue weighted by Crippen LogP contribution is -2.40. The highest BCUT2D eigenvalue weighted by molar-refractivity contribution is 7.90. The van der Waals surface area contributed by atoms with Crippen molar-refractivity contribution in [2.75, 3.05) is 18.1 Å². The highest BCUT2D eigenvalue weighted by atomic mass is 32.2. The summed E-state index contributed by atoms with van der Waals surface area (Å²) in [6, 6.07) is 3.82. The van der Waals surface area contributed by atoms with Gasteiger partial charge in [0.1, 0.15) is 5.75 Å². The van der Waals surface area contributed by atoms with Crippen molar-refractivity contribution in [1.82, 2.24) is 0 Å². The van der Waals surface area contributed by atoms with E-state index < -0.39 is 9.84 Å². The second-order valence-corrected chi connectivity index (χ2v) is 7.75. The zero-order valence-electron chi connectivity index (χ0n) is 11.9. The van der Waals surface area contributed by atoms with Gasteiger partial charge in [0.25, 0.3) is 0 Å². The number of hydrogen-bond donors (Lipinski definition) is 3. The predicted molar refractivity (Wildman–Crippen MR) is 79.8 cm³/mol. The van der Waals surface area contributed by atoms with Gasteiger partial charge in [0.05, 0.1) is 10.6 Å². The van der Waals surface area contributed by atoms with E-state index in [1.807, 2.05) is 0 Å². The minimum absolute atomic E-state index is 0.0489. The van der Waals surface area contributed by atoms with Crippen LogP contribution in [-0.2, 0) is 14.6 Å². The number of phenols is 1. The minimum atomic E-state index is -3.39. The first kappa shape index (κ1) is 15.8. The zero-order valence-corrected chi connectivity index (χ0v) is 12.7. The molecule has 0 bridgehead atoms. The Morgan fingerprint density at radius 3 is 2.57 bits per heavy atom. The third-order valence-corrected chi connectivity index (χ3v) is 5.16. The van der Waals surface area contributed by atoms with Crippen molar-refractivity contribution in [3.05, 3.63) is 18.2 Å². The molecule has 0 spiro atoms. The standard InChI is InChI=1S/C14H20N2O4S/c1-21(19,20)10-3-4-12(17)11(7-10)16-13(18)8-14(9-15)5-2-6-14/h3-4,7,17H,2,5-6,8-9,15H2,1H3,(H,16,18). The Balaban J connectivity index is 2.13. The van der Waals surface area contributed by atoms with Crippen LogP contribution in [0.4, 0.5) is 5.69 Å². The Labute approximate surface area is 124 Å². The number of aromatic hydroxyl groups is 1. The number of hydrogen-bond acceptors (Lipinski definition) is 5. The smallest absolute Gasteiger partial charge is 0.225 e. The Kier molecular flexibility index (Phi) is 4.25. The van der Waals surface area contributed by atoms with E-state index in [9.17, 15) is 18.3 Å². The van der Waals surface area contributed by atoms with Crippen LogP contribution in [0.5, 0.6) is 5.75 Å². The van der Waals surface area contributed by atoms with Gasteiger partial charge in [-0.2, -0.15) is 0 Å². The number of carbonyl (C=O) groups excluding carboxylic acids is 1. The van der Waals surface area contributed by atoms with Crippen molar-refractivity contribution in [1.29, 1.82) is 0 Å². The molecule has 0 aromatic heterocycles. The maximum atomic E-state index is 12.1. The number of nitrogens with two attached hydrogens (primary N) is 1. The normalized spacial score (nSPS) is 17.0. The molecule has 0 atom stereocenters. The van der Waals surface area contributed by atoms with Gasteiger partial charge < -0.3 is 16.2 Å². The number of nitrogens with one attached hydrogen (secondary N) is 1. The van der Waals surface area contributed by atoms with Crippen LogP contribution in [0.3, 0.4) is 0 Å². The molecule has 1 aliphatic rings. The van der Waals surface area contributed by atoms with Crippen molar-refractivity contribution in [2.45, 2.75) is 30.6 Å². The summed E-state index contributed by atoms with van der Waals surface area (Å²) in [5, 5.41) is 12.3. The first-order valence-electron chi connectivity index (χ1n) is 6.79. The van der Waals surface area contributed by atoms with Gasteiger partial charge in [-0.05, 0) is 43.0 Å². The highest BCUT2D eigenvalue weighted by Crippen LogP contribution is 2.43. The van der Waals surface area contributed by atoms with Crippen LogP contribution in [0.25, 0.3) is 0 Å². The van der Waals surface area contributed by atoms with E-state index in [1.54, 1.807) is 0 Å². The molecule has 1 amide bonds. The third-order valence-electron chi connectivity index (χ3n) is 4.05. The number of sulfone groups is 1. The second kappa shape index (κ2) is 5.65. The fourth-order valence-electron chi connectivity index (χ4n) is 2.51. The van der Waals surface area contributed by atoms with E-state index >= 15 is 0 Å². The molecular weight excluding hydrogens is 292 g/mol. The topological polar surface area (TPSA) is 109 Å². The number of amides is 1. The van der Waals surface area contributed by atoms with Gasteiger partial charge >= 0.3 is 0 Å². The Morgan fingerprint density at radius 1 is 1.43 bits per heavy atom. The fourth-order valence-corrected chi connectivity index (χ4v) is 3.16. The van der Waals surface area contributed by atoms with Gasteiger partial charge in [0, 0.05) is 12.7 Å². The summed E-state index contributed by atoms with van der Waals surface area (Å²) >= 11 is 0. The minimum Gasteiger partial charge on any atom is -0.506 e. The summed E-state index contributed by atoms with van der Waals surface area (Å²) in [7, 11) is -3.39. The molecule has 0 heterocycles. The first-order chi connectivity index (χ1) is 9.76. The lowest BCUT2D eigenvalue weighted by Gasteiger charge is -2.40. The van der Waals surface area contributed by atoms with E-state index in [0.29, 0.717) is 6.54 Å². The third kappa shape index (κ3) is 3.54. The van der Waals surface area contributed by atoms with E-state index in [1.165, 1.54) is 18.2 Å². The van der Waals surface area contributed by atoms with Crippen molar-refractivity contribution < 1.29 is 18.3 Å². The summed E-state index contributed by atoms with van der Waals surface area (Å²) in [6.07, 6.45) is 4.27. The summed E-state index contributed by atoms with van der Waals surface area (Å²) in [5.74, 6) is -0.424. The summed E-state index contributed by atoms with van der Waals surface area (Å²) in [5.41, 5.74) is 5.67. The van der Waals surface area contributed by atoms with Crippen LogP contribution in [0.15, 0.2) is 23.1 Å². The molecule has 4 N–H and O–H groups in total. The summed E-state index contributed by atoms with van der Waals surface area (Å²) in [6.45, 7) is 0.454. The van der Waals surface area contributed by atoms with Gasteiger partial charge in [0.15, 0.2) is 9.84 Å². The molecule has 1 saturated carbocycles. The van der Waals surface area contributed by atoms with Gasteiger partial charge in [-0.3, -0.25) is 4.79 Å². The molecule has 1 aliphatic carbocycles. The second-order valence-electron chi connectivity index (χ2n) is 5.73. The first-order valence-corrected chi connectivity index (χ1v) is 8.68. The molecule has 0 radical (unpaired) electrons. The number of carbonyl (C=O) groups is 1. The molecule has 2 rings (SSSR count). The number of benzene rings is 1. The number of phenolic OH excluding ortho intramolecular Hbond substituents is 1. The Bertz CT molecular complexity index is 645. The van der Waals surface area contributed by atoms with Gasteiger partial charge in [-0.15, -0.1) is 0 Å². The van der Waals surface area contributed by atoms with Crippen LogP contribution in [0.1, 0.15) is 25.7 Å². The maximum Gasteiger partial charge on any atom is 0.225 e. The molecule has 0 aliphatic heterocycles. The Morgan fingerprint density at radius 2 is 2.10 bits per heavy atom. The fraction of sp³-hybridized carbons (Fsp3) is 0.500. The van der Waals surface area contributed by atoms with E-state index in [2.05, 4.69) is 5.32 Å². The largest absolute Gasteiger partial charge is 0.506 e. The van der Waals surface area contributed by atoms with Gasteiger partial charge in [0.2, 0.25) is 5.91 Å².